The number of β-amino-alcohol motifs (C(OH)–C–C–N with tert-alkyl or cyclic N) is 1. The molecule has 2 aliphatic rings. The molecule has 1 aliphatic heterocycles. The molecular weight excluding hydrogens is 214 g/mol. The summed E-state index contributed by atoms with van der Waals surface area (Å²) in [6.07, 6.45) is 4.27. The Bertz CT molecular complexity index is 239. The lowest BCUT2D eigenvalue weighted by molar-refractivity contribution is -0.0950. The van der Waals surface area contributed by atoms with Gasteiger partial charge in [0.25, 0.3) is 0 Å². The number of aliphatic hydroxyl groups is 1. The summed E-state index contributed by atoms with van der Waals surface area (Å²) in [6.45, 7) is 9.12. The van der Waals surface area contributed by atoms with Crippen molar-refractivity contribution in [1.82, 2.24) is 4.90 Å². The maximum atomic E-state index is 10.7. The molecular formula is C14H27NO2. The Hall–Kier alpha value is -0.120. The SMILES string of the molecule is CC1CCC(O)(CN2C(C)COCC2C)CC1. The van der Waals surface area contributed by atoms with Gasteiger partial charge < -0.3 is 9.84 Å². The molecule has 3 heteroatoms. The summed E-state index contributed by atoms with van der Waals surface area (Å²) in [5.41, 5.74) is -0.452. The van der Waals surface area contributed by atoms with Crippen LogP contribution >= 0.6 is 0 Å². The van der Waals surface area contributed by atoms with Gasteiger partial charge in [-0.05, 0) is 45.4 Å². The summed E-state index contributed by atoms with van der Waals surface area (Å²) >= 11 is 0. The number of hydrogen-bond donors (Lipinski definition) is 1. The third kappa shape index (κ3) is 3.21. The predicted molar refractivity (Wildman–Crippen MR) is 69.0 cm³/mol. The second-order valence-electron chi connectivity index (χ2n) is 6.31. The lowest BCUT2D eigenvalue weighted by atomic mass is 9.79. The van der Waals surface area contributed by atoms with E-state index in [1.807, 2.05) is 0 Å². The van der Waals surface area contributed by atoms with Gasteiger partial charge >= 0.3 is 0 Å². The van der Waals surface area contributed by atoms with E-state index in [1.54, 1.807) is 0 Å². The average molecular weight is 241 g/mol. The summed E-state index contributed by atoms with van der Waals surface area (Å²) in [5.74, 6) is 0.787. The third-order valence-electron chi connectivity index (χ3n) is 4.53. The summed E-state index contributed by atoms with van der Waals surface area (Å²) < 4.78 is 5.54. The second-order valence-corrected chi connectivity index (χ2v) is 6.31. The van der Waals surface area contributed by atoms with E-state index in [2.05, 4.69) is 25.7 Å². The molecule has 2 rings (SSSR count). The zero-order valence-electron chi connectivity index (χ0n) is 11.5. The van der Waals surface area contributed by atoms with E-state index in [1.165, 1.54) is 12.8 Å². The van der Waals surface area contributed by atoms with E-state index in [0.717, 1.165) is 38.5 Å². The van der Waals surface area contributed by atoms with E-state index in [0.29, 0.717) is 12.1 Å². The van der Waals surface area contributed by atoms with Gasteiger partial charge in [0, 0.05) is 18.6 Å². The fourth-order valence-corrected chi connectivity index (χ4v) is 3.14. The van der Waals surface area contributed by atoms with Crippen LogP contribution in [0.15, 0.2) is 0 Å². The maximum Gasteiger partial charge on any atom is 0.0774 e. The molecule has 17 heavy (non-hydrogen) atoms. The molecule has 0 aromatic rings. The van der Waals surface area contributed by atoms with Crippen LogP contribution in [0.1, 0.15) is 46.5 Å². The van der Waals surface area contributed by atoms with Crippen molar-refractivity contribution in [1.29, 1.82) is 0 Å². The van der Waals surface area contributed by atoms with Crippen molar-refractivity contribution in [3.05, 3.63) is 0 Å². The van der Waals surface area contributed by atoms with Gasteiger partial charge in [0.05, 0.1) is 18.8 Å². The molecule has 0 aromatic carbocycles. The van der Waals surface area contributed by atoms with Crippen LogP contribution in [0.2, 0.25) is 0 Å². The highest BCUT2D eigenvalue weighted by atomic mass is 16.5. The molecule has 1 saturated carbocycles. The van der Waals surface area contributed by atoms with Crippen LogP contribution < -0.4 is 0 Å². The first-order valence-electron chi connectivity index (χ1n) is 7.06. The van der Waals surface area contributed by atoms with Crippen LogP contribution in [0.25, 0.3) is 0 Å². The fourth-order valence-electron chi connectivity index (χ4n) is 3.14. The van der Waals surface area contributed by atoms with E-state index in [4.69, 9.17) is 4.74 Å². The monoisotopic (exact) mass is 241 g/mol. The van der Waals surface area contributed by atoms with Crippen molar-refractivity contribution in [3.63, 3.8) is 0 Å². The minimum absolute atomic E-state index is 0.433. The standard InChI is InChI=1S/C14H27NO2/c1-11-4-6-14(16,7-5-11)10-15-12(2)8-17-9-13(15)3/h11-13,16H,4-10H2,1-3H3. The van der Waals surface area contributed by atoms with Gasteiger partial charge in [-0.3, -0.25) is 4.90 Å². The van der Waals surface area contributed by atoms with Crippen LogP contribution in [-0.4, -0.2) is 47.4 Å². The Morgan fingerprint density at radius 2 is 1.65 bits per heavy atom. The van der Waals surface area contributed by atoms with Crippen LogP contribution in [0, 0.1) is 5.92 Å². The third-order valence-corrected chi connectivity index (χ3v) is 4.53. The van der Waals surface area contributed by atoms with Gasteiger partial charge in [0.1, 0.15) is 0 Å². The average Bonchev–Trinajstić information content (AvgIpc) is 2.29. The number of nitrogens with zero attached hydrogens (tertiary/aromatic N) is 1. The number of ether oxygens (including phenoxy) is 1. The summed E-state index contributed by atoms with van der Waals surface area (Å²) in [5, 5.41) is 10.7. The highest BCUT2D eigenvalue weighted by molar-refractivity contribution is 4.91. The first-order valence-corrected chi connectivity index (χ1v) is 7.06. The smallest absolute Gasteiger partial charge is 0.0774 e. The zero-order chi connectivity index (χ0) is 12.5. The minimum Gasteiger partial charge on any atom is -0.389 e. The minimum atomic E-state index is -0.452. The highest BCUT2D eigenvalue weighted by Crippen LogP contribution is 2.33. The molecule has 0 amide bonds. The number of rotatable bonds is 2. The predicted octanol–water partition coefficient (Wildman–Crippen LogP) is 2.04. The van der Waals surface area contributed by atoms with E-state index >= 15 is 0 Å². The normalized spacial score (nSPS) is 44.8. The lowest BCUT2D eigenvalue weighted by Gasteiger charge is -2.45. The summed E-state index contributed by atoms with van der Waals surface area (Å²) in [4.78, 5) is 2.43. The van der Waals surface area contributed by atoms with E-state index in [-0.39, 0.29) is 0 Å². The molecule has 1 aliphatic carbocycles. The van der Waals surface area contributed by atoms with Gasteiger partial charge in [-0.25, -0.2) is 0 Å². The molecule has 2 fully saturated rings. The van der Waals surface area contributed by atoms with Gasteiger partial charge in [0.15, 0.2) is 0 Å². The van der Waals surface area contributed by atoms with Crippen molar-refractivity contribution in [2.45, 2.75) is 64.1 Å². The molecule has 0 spiro atoms. The largest absolute Gasteiger partial charge is 0.389 e. The van der Waals surface area contributed by atoms with Crippen LogP contribution in [0.5, 0.6) is 0 Å². The van der Waals surface area contributed by atoms with Crippen LogP contribution in [-0.2, 0) is 4.74 Å². The molecule has 2 atom stereocenters. The van der Waals surface area contributed by atoms with Crippen LogP contribution in [0.4, 0.5) is 0 Å². The van der Waals surface area contributed by atoms with E-state index in [9.17, 15) is 5.11 Å². The Morgan fingerprint density at radius 1 is 1.12 bits per heavy atom. The Morgan fingerprint density at radius 3 is 2.18 bits per heavy atom. The lowest BCUT2D eigenvalue weighted by Crippen LogP contribution is -2.56. The van der Waals surface area contributed by atoms with Crippen molar-refractivity contribution in [2.24, 2.45) is 5.92 Å². The van der Waals surface area contributed by atoms with Crippen molar-refractivity contribution >= 4 is 0 Å². The summed E-state index contributed by atoms with van der Waals surface area (Å²) in [7, 11) is 0. The topological polar surface area (TPSA) is 32.7 Å². The second kappa shape index (κ2) is 5.25. The highest BCUT2D eigenvalue weighted by Gasteiger charge is 2.37. The Balaban J connectivity index is 1.94. The van der Waals surface area contributed by atoms with Crippen molar-refractivity contribution in [3.8, 4) is 0 Å². The summed E-state index contributed by atoms with van der Waals surface area (Å²) in [6, 6.07) is 0.865. The quantitative estimate of drug-likeness (QED) is 0.803. The molecule has 2 unspecified atom stereocenters. The zero-order valence-corrected chi connectivity index (χ0v) is 11.5. The molecule has 3 nitrogen and oxygen atoms in total. The van der Waals surface area contributed by atoms with Gasteiger partial charge in [0.2, 0.25) is 0 Å². The first kappa shape index (κ1) is 13.3. The number of morpholine rings is 1. The Kier molecular flexibility index (Phi) is 4.11. The molecule has 100 valence electrons. The van der Waals surface area contributed by atoms with Gasteiger partial charge in [-0.2, -0.15) is 0 Å². The molecule has 1 saturated heterocycles. The first-order chi connectivity index (χ1) is 8.00. The Labute approximate surface area is 105 Å². The van der Waals surface area contributed by atoms with Crippen LogP contribution in [0.3, 0.4) is 0 Å². The molecule has 0 aromatic heterocycles. The molecule has 0 bridgehead atoms. The van der Waals surface area contributed by atoms with Crippen molar-refractivity contribution < 1.29 is 9.84 Å². The number of hydrogen-bond acceptors (Lipinski definition) is 3. The fraction of sp³-hybridized carbons (Fsp3) is 1.00. The van der Waals surface area contributed by atoms with Gasteiger partial charge in [-0.1, -0.05) is 6.92 Å². The molecule has 0 radical (unpaired) electrons. The van der Waals surface area contributed by atoms with Gasteiger partial charge in [-0.15, -0.1) is 0 Å². The maximum absolute atomic E-state index is 10.7. The molecule has 1 heterocycles. The van der Waals surface area contributed by atoms with Crippen molar-refractivity contribution in [2.75, 3.05) is 19.8 Å². The molecule has 1 N–H and O–H groups in total. The van der Waals surface area contributed by atoms with E-state index < -0.39 is 5.60 Å².